The average Bonchev–Trinajstić information content (AvgIpc) is 3.49. The minimum absolute atomic E-state index is 0.0466. The third-order valence-electron chi connectivity index (χ3n) is 5.77. The van der Waals surface area contributed by atoms with Crippen LogP contribution in [0.25, 0.3) is 17.4 Å². The highest BCUT2D eigenvalue weighted by atomic mass is 35.5. The zero-order valence-electron chi connectivity index (χ0n) is 21.4. The van der Waals surface area contributed by atoms with Crippen LogP contribution in [0.2, 0.25) is 5.02 Å². The highest BCUT2D eigenvalue weighted by molar-refractivity contribution is 8.18. The molecule has 0 atom stereocenters. The number of halogens is 4. The van der Waals surface area contributed by atoms with E-state index in [4.69, 9.17) is 20.8 Å². The fourth-order valence-electron chi connectivity index (χ4n) is 3.78. The summed E-state index contributed by atoms with van der Waals surface area (Å²) in [6.07, 6.45) is -1.87. The van der Waals surface area contributed by atoms with Gasteiger partial charge in [-0.3, -0.25) is 19.3 Å². The molecule has 1 aromatic heterocycles. The van der Waals surface area contributed by atoms with Crippen LogP contribution >= 0.6 is 23.4 Å². The zero-order valence-corrected chi connectivity index (χ0v) is 23.0. The van der Waals surface area contributed by atoms with E-state index < -0.39 is 41.3 Å². The number of rotatable bonds is 9. The Morgan fingerprint density at radius 2 is 1.88 bits per heavy atom. The number of carbonyl (C=O) groups excluding carboxylic acids is 4. The summed E-state index contributed by atoms with van der Waals surface area (Å²) in [7, 11) is 0. The number of nitrogens with one attached hydrogen (secondary N) is 1. The lowest BCUT2D eigenvalue weighted by molar-refractivity contribution is -0.137. The Morgan fingerprint density at radius 3 is 2.61 bits per heavy atom. The fourth-order valence-corrected chi connectivity index (χ4v) is 4.79. The van der Waals surface area contributed by atoms with Crippen LogP contribution in [0.5, 0.6) is 0 Å². The maximum absolute atomic E-state index is 13.4. The number of benzene rings is 2. The lowest BCUT2D eigenvalue weighted by atomic mass is 10.1. The summed E-state index contributed by atoms with van der Waals surface area (Å²) >= 11 is 6.64. The van der Waals surface area contributed by atoms with Gasteiger partial charge in [-0.25, -0.2) is 4.79 Å². The zero-order chi connectivity index (χ0) is 29.7. The van der Waals surface area contributed by atoms with Crippen molar-refractivity contribution >= 4 is 58.1 Å². The number of unbranched alkanes of at least 4 members (excludes halogenated alkanes) is 1. The molecular formula is C28H22ClF3N2O6S. The smallest absolute Gasteiger partial charge is 0.417 e. The molecule has 1 saturated heterocycles. The SMILES string of the molecule is CCCCOC(=O)c1cc(NC(=O)CN2C(=O)S/C(=C/c3ccc(-c4ccccc4C(F)(F)F)o3)C2=O)ccc1Cl. The van der Waals surface area contributed by atoms with Gasteiger partial charge in [0.15, 0.2) is 0 Å². The van der Waals surface area contributed by atoms with E-state index in [1.807, 2.05) is 6.92 Å². The molecule has 2 aromatic carbocycles. The average molecular weight is 607 g/mol. The van der Waals surface area contributed by atoms with Crippen LogP contribution < -0.4 is 5.32 Å². The van der Waals surface area contributed by atoms with Crippen LogP contribution in [0.3, 0.4) is 0 Å². The summed E-state index contributed by atoms with van der Waals surface area (Å²) in [5, 5.41) is 1.92. The van der Waals surface area contributed by atoms with Crippen molar-refractivity contribution in [1.29, 1.82) is 0 Å². The highest BCUT2D eigenvalue weighted by Gasteiger charge is 2.37. The number of amides is 3. The van der Waals surface area contributed by atoms with Crippen molar-refractivity contribution < 1.29 is 41.5 Å². The van der Waals surface area contributed by atoms with Gasteiger partial charge in [0.25, 0.3) is 11.1 Å². The molecule has 0 aliphatic carbocycles. The molecule has 0 saturated carbocycles. The van der Waals surface area contributed by atoms with E-state index in [0.29, 0.717) is 23.1 Å². The molecular weight excluding hydrogens is 585 g/mol. The normalized spacial score (nSPS) is 14.6. The van der Waals surface area contributed by atoms with Crippen LogP contribution in [0, 0.1) is 0 Å². The Bertz CT molecular complexity index is 1530. The number of alkyl halides is 3. The van der Waals surface area contributed by atoms with Crippen molar-refractivity contribution in [2.75, 3.05) is 18.5 Å². The van der Waals surface area contributed by atoms with E-state index in [-0.39, 0.29) is 44.9 Å². The van der Waals surface area contributed by atoms with Gasteiger partial charge in [0.05, 0.1) is 27.7 Å². The number of ether oxygens (including phenoxy) is 1. The van der Waals surface area contributed by atoms with Crippen LogP contribution in [0.4, 0.5) is 23.7 Å². The van der Waals surface area contributed by atoms with Gasteiger partial charge in [-0.1, -0.05) is 43.1 Å². The first kappa shape index (κ1) is 29.9. The molecule has 0 unspecified atom stereocenters. The summed E-state index contributed by atoms with van der Waals surface area (Å²) < 4.78 is 50.8. The largest absolute Gasteiger partial charge is 0.462 e. The molecule has 0 bridgehead atoms. The molecule has 1 aliphatic heterocycles. The number of furan rings is 1. The summed E-state index contributed by atoms with van der Waals surface area (Å²) in [5.41, 5.74) is -0.811. The lowest BCUT2D eigenvalue weighted by Gasteiger charge is -2.13. The predicted octanol–water partition coefficient (Wildman–Crippen LogP) is 7.25. The fraction of sp³-hybridized carbons (Fsp3) is 0.214. The maximum Gasteiger partial charge on any atom is 0.417 e. The molecule has 41 heavy (non-hydrogen) atoms. The Morgan fingerprint density at radius 1 is 1.12 bits per heavy atom. The third-order valence-corrected chi connectivity index (χ3v) is 7.01. The summed E-state index contributed by atoms with van der Waals surface area (Å²) in [4.78, 5) is 50.9. The number of hydrogen-bond donors (Lipinski definition) is 1. The second kappa shape index (κ2) is 12.6. The topological polar surface area (TPSA) is 106 Å². The summed E-state index contributed by atoms with van der Waals surface area (Å²) in [6, 6.07) is 11.8. The van der Waals surface area contributed by atoms with Crippen molar-refractivity contribution in [2.45, 2.75) is 25.9 Å². The van der Waals surface area contributed by atoms with Gasteiger partial charge in [0.1, 0.15) is 18.1 Å². The van der Waals surface area contributed by atoms with Crippen LogP contribution in [0.1, 0.15) is 41.4 Å². The van der Waals surface area contributed by atoms with Crippen LogP contribution in [-0.2, 0) is 20.5 Å². The van der Waals surface area contributed by atoms with Gasteiger partial charge in [-0.2, -0.15) is 13.2 Å². The molecule has 0 radical (unpaired) electrons. The van der Waals surface area contributed by atoms with Crippen molar-refractivity contribution in [3.05, 3.63) is 81.4 Å². The van der Waals surface area contributed by atoms with E-state index in [9.17, 15) is 32.3 Å². The van der Waals surface area contributed by atoms with Gasteiger partial charge in [0.2, 0.25) is 5.91 Å². The Hall–Kier alpha value is -4.03. The molecule has 3 amide bonds. The first-order valence-corrected chi connectivity index (χ1v) is 13.5. The molecule has 4 rings (SSSR count). The van der Waals surface area contributed by atoms with Crippen molar-refractivity contribution in [2.24, 2.45) is 0 Å². The molecule has 2 heterocycles. The van der Waals surface area contributed by atoms with E-state index in [0.717, 1.165) is 12.5 Å². The molecule has 214 valence electrons. The number of esters is 1. The first-order chi connectivity index (χ1) is 19.5. The molecule has 3 aromatic rings. The first-order valence-electron chi connectivity index (χ1n) is 12.3. The van der Waals surface area contributed by atoms with Crippen molar-refractivity contribution in [1.82, 2.24) is 4.90 Å². The molecule has 1 N–H and O–H groups in total. The van der Waals surface area contributed by atoms with E-state index >= 15 is 0 Å². The standard InChI is InChI=1S/C28H22ClF3N2O6S/c1-2-3-12-39-26(37)19-13-16(8-10-21(19)29)33-24(35)15-34-25(36)23(41-27(34)38)14-17-9-11-22(40-17)18-6-4-5-7-20(18)28(30,31)32/h4-11,13-14H,2-3,12,15H2,1H3,(H,33,35)/b23-14+. The second-order valence-electron chi connectivity index (χ2n) is 8.75. The minimum Gasteiger partial charge on any atom is -0.462 e. The lowest BCUT2D eigenvalue weighted by Crippen LogP contribution is -2.36. The number of nitrogens with zero attached hydrogens (tertiary/aromatic N) is 1. The van der Waals surface area contributed by atoms with Gasteiger partial charge < -0.3 is 14.5 Å². The van der Waals surface area contributed by atoms with E-state index in [1.165, 1.54) is 54.6 Å². The monoisotopic (exact) mass is 606 g/mol. The maximum atomic E-state index is 13.4. The quantitative estimate of drug-likeness (QED) is 0.155. The number of thioether (sulfide) groups is 1. The summed E-state index contributed by atoms with van der Waals surface area (Å²) in [5.74, 6) is -2.17. The molecule has 0 spiro atoms. The molecule has 13 heteroatoms. The number of imide groups is 1. The Balaban J connectivity index is 1.43. The predicted molar refractivity (Wildman–Crippen MR) is 147 cm³/mol. The van der Waals surface area contributed by atoms with E-state index in [1.54, 1.807) is 0 Å². The van der Waals surface area contributed by atoms with Crippen LogP contribution in [0.15, 0.2) is 63.9 Å². The number of hydrogen-bond acceptors (Lipinski definition) is 7. The Labute approximate surface area is 241 Å². The van der Waals surface area contributed by atoms with Gasteiger partial charge in [-0.15, -0.1) is 0 Å². The van der Waals surface area contributed by atoms with Gasteiger partial charge in [-0.05, 0) is 54.6 Å². The minimum atomic E-state index is -4.60. The third kappa shape index (κ3) is 7.19. The van der Waals surface area contributed by atoms with E-state index in [2.05, 4.69) is 5.32 Å². The molecule has 1 aliphatic rings. The van der Waals surface area contributed by atoms with Gasteiger partial charge in [0, 0.05) is 17.3 Å². The summed E-state index contributed by atoms with van der Waals surface area (Å²) in [6.45, 7) is 1.54. The molecule has 1 fully saturated rings. The van der Waals surface area contributed by atoms with Crippen molar-refractivity contribution in [3.63, 3.8) is 0 Å². The second-order valence-corrected chi connectivity index (χ2v) is 10.1. The Kier molecular flexibility index (Phi) is 9.24. The van der Waals surface area contributed by atoms with Crippen LogP contribution in [-0.4, -0.2) is 41.1 Å². The number of anilines is 1. The molecule has 8 nitrogen and oxygen atoms in total. The van der Waals surface area contributed by atoms with Gasteiger partial charge >= 0.3 is 12.1 Å². The number of carbonyl (C=O) groups is 4. The highest BCUT2D eigenvalue weighted by Crippen LogP contribution is 2.38. The van der Waals surface area contributed by atoms with Crippen molar-refractivity contribution in [3.8, 4) is 11.3 Å².